The van der Waals surface area contributed by atoms with E-state index in [2.05, 4.69) is 25.5 Å². The SMILES string of the molecule is CC(C)(C)S[C@H]1CCC[C@@H]1NS(=O)(=O)c1ccccc1. The summed E-state index contributed by atoms with van der Waals surface area (Å²) in [5.41, 5.74) is 0. The van der Waals surface area contributed by atoms with Gasteiger partial charge in [-0.2, -0.15) is 11.8 Å². The van der Waals surface area contributed by atoms with Crippen LogP contribution in [0.25, 0.3) is 0 Å². The van der Waals surface area contributed by atoms with E-state index in [1.165, 1.54) is 0 Å². The maximum Gasteiger partial charge on any atom is 0.240 e. The Kier molecular flexibility index (Phi) is 4.82. The van der Waals surface area contributed by atoms with Gasteiger partial charge < -0.3 is 0 Å². The molecule has 0 amide bonds. The van der Waals surface area contributed by atoms with E-state index < -0.39 is 10.0 Å². The number of benzene rings is 1. The topological polar surface area (TPSA) is 46.2 Å². The molecule has 5 heteroatoms. The molecule has 1 aliphatic carbocycles. The molecule has 1 fully saturated rings. The second kappa shape index (κ2) is 6.08. The minimum absolute atomic E-state index is 0.0458. The zero-order valence-electron chi connectivity index (χ0n) is 12.3. The van der Waals surface area contributed by atoms with Gasteiger partial charge in [0, 0.05) is 16.0 Å². The molecule has 3 nitrogen and oxygen atoms in total. The number of hydrogen-bond acceptors (Lipinski definition) is 3. The molecule has 0 unspecified atom stereocenters. The van der Waals surface area contributed by atoms with Crippen LogP contribution in [0, 0.1) is 0 Å². The molecule has 1 saturated carbocycles. The molecule has 0 bridgehead atoms. The van der Waals surface area contributed by atoms with E-state index in [4.69, 9.17) is 0 Å². The van der Waals surface area contributed by atoms with Crippen molar-refractivity contribution in [2.75, 3.05) is 0 Å². The Balaban J connectivity index is 2.09. The van der Waals surface area contributed by atoms with E-state index in [0.29, 0.717) is 10.1 Å². The van der Waals surface area contributed by atoms with Gasteiger partial charge in [0.1, 0.15) is 0 Å². The van der Waals surface area contributed by atoms with E-state index >= 15 is 0 Å². The van der Waals surface area contributed by atoms with Gasteiger partial charge in [-0.15, -0.1) is 0 Å². The van der Waals surface area contributed by atoms with Gasteiger partial charge in [0.25, 0.3) is 0 Å². The Labute approximate surface area is 126 Å². The van der Waals surface area contributed by atoms with Crippen LogP contribution in [0.4, 0.5) is 0 Å². The number of rotatable bonds is 4. The number of hydrogen-bond donors (Lipinski definition) is 1. The van der Waals surface area contributed by atoms with Crippen molar-refractivity contribution in [3.05, 3.63) is 30.3 Å². The summed E-state index contributed by atoms with van der Waals surface area (Å²) in [4.78, 5) is 0.353. The quantitative estimate of drug-likeness (QED) is 0.926. The molecule has 0 radical (unpaired) electrons. The van der Waals surface area contributed by atoms with Crippen LogP contribution in [0.2, 0.25) is 0 Å². The average molecular weight is 313 g/mol. The lowest BCUT2D eigenvalue weighted by Gasteiger charge is -2.27. The van der Waals surface area contributed by atoms with E-state index in [1.807, 2.05) is 17.8 Å². The Morgan fingerprint density at radius 2 is 1.80 bits per heavy atom. The lowest BCUT2D eigenvalue weighted by atomic mass is 10.2. The highest BCUT2D eigenvalue weighted by atomic mass is 32.2. The standard InChI is InChI=1S/C15H23NO2S2/c1-15(2,3)19-14-11-7-10-13(14)16-20(17,18)12-8-5-4-6-9-12/h4-6,8-9,13-14,16H,7,10-11H2,1-3H3/t13-,14-/m0/s1. The molecular weight excluding hydrogens is 290 g/mol. The summed E-state index contributed by atoms with van der Waals surface area (Å²) in [5, 5.41) is 0.369. The zero-order chi connectivity index (χ0) is 14.8. The van der Waals surface area contributed by atoms with E-state index in [0.717, 1.165) is 19.3 Å². The molecule has 112 valence electrons. The minimum Gasteiger partial charge on any atom is -0.207 e. The summed E-state index contributed by atoms with van der Waals surface area (Å²) in [5.74, 6) is 0. The summed E-state index contributed by atoms with van der Waals surface area (Å²) < 4.78 is 27.8. The van der Waals surface area contributed by atoms with Crippen molar-refractivity contribution in [1.82, 2.24) is 4.72 Å². The zero-order valence-corrected chi connectivity index (χ0v) is 13.9. The Morgan fingerprint density at radius 1 is 1.15 bits per heavy atom. The van der Waals surface area contributed by atoms with Crippen molar-refractivity contribution in [2.24, 2.45) is 0 Å². The fourth-order valence-electron chi connectivity index (χ4n) is 2.52. The average Bonchev–Trinajstić information content (AvgIpc) is 2.75. The summed E-state index contributed by atoms with van der Waals surface area (Å²) in [6, 6.07) is 8.67. The number of thioether (sulfide) groups is 1. The van der Waals surface area contributed by atoms with Gasteiger partial charge >= 0.3 is 0 Å². The normalized spacial score (nSPS) is 23.9. The second-order valence-electron chi connectivity index (χ2n) is 6.24. The first kappa shape index (κ1) is 15.9. The lowest BCUT2D eigenvalue weighted by molar-refractivity contribution is 0.554. The molecule has 0 spiro atoms. The van der Waals surface area contributed by atoms with Crippen molar-refractivity contribution in [3.63, 3.8) is 0 Å². The molecule has 0 aromatic heterocycles. The van der Waals surface area contributed by atoms with Crippen molar-refractivity contribution < 1.29 is 8.42 Å². The summed E-state index contributed by atoms with van der Waals surface area (Å²) in [7, 11) is -3.40. The van der Waals surface area contributed by atoms with Gasteiger partial charge in [-0.05, 0) is 25.0 Å². The van der Waals surface area contributed by atoms with Crippen LogP contribution in [0.5, 0.6) is 0 Å². The molecule has 1 aromatic carbocycles. The fraction of sp³-hybridized carbons (Fsp3) is 0.600. The first-order valence-corrected chi connectivity index (χ1v) is 9.39. The third kappa shape index (κ3) is 4.24. The van der Waals surface area contributed by atoms with Gasteiger partial charge in [0.2, 0.25) is 10.0 Å². The van der Waals surface area contributed by atoms with Gasteiger partial charge in [0.05, 0.1) is 4.90 Å². The highest BCUT2D eigenvalue weighted by molar-refractivity contribution is 8.01. The largest absolute Gasteiger partial charge is 0.240 e. The Hall–Kier alpha value is -0.520. The third-order valence-electron chi connectivity index (χ3n) is 3.32. The van der Waals surface area contributed by atoms with Crippen molar-refractivity contribution in [1.29, 1.82) is 0 Å². The maximum atomic E-state index is 12.4. The maximum absolute atomic E-state index is 12.4. The molecule has 20 heavy (non-hydrogen) atoms. The lowest BCUT2D eigenvalue weighted by Crippen LogP contribution is -2.39. The van der Waals surface area contributed by atoms with Crippen LogP contribution in [-0.4, -0.2) is 24.5 Å². The molecule has 2 rings (SSSR count). The van der Waals surface area contributed by atoms with Crippen LogP contribution in [0.15, 0.2) is 35.2 Å². The van der Waals surface area contributed by atoms with E-state index in [9.17, 15) is 8.42 Å². The smallest absolute Gasteiger partial charge is 0.207 e. The molecule has 2 atom stereocenters. The molecule has 0 saturated heterocycles. The first-order chi connectivity index (χ1) is 9.28. The first-order valence-electron chi connectivity index (χ1n) is 7.03. The van der Waals surface area contributed by atoms with Crippen molar-refractivity contribution in [2.45, 2.75) is 61.0 Å². The van der Waals surface area contributed by atoms with E-state index in [-0.39, 0.29) is 10.8 Å². The van der Waals surface area contributed by atoms with Gasteiger partial charge in [0.15, 0.2) is 0 Å². The summed E-state index contributed by atoms with van der Waals surface area (Å²) >= 11 is 1.88. The summed E-state index contributed by atoms with van der Waals surface area (Å²) in [6.45, 7) is 6.54. The Bertz CT molecular complexity index is 535. The molecule has 1 aromatic rings. The number of sulfonamides is 1. The predicted octanol–water partition coefficient (Wildman–Crippen LogP) is 3.42. The van der Waals surface area contributed by atoms with Crippen molar-refractivity contribution in [3.8, 4) is 0 Å². The highest BCUT2D eigenvalue weighted by Gasteiger charge is 2.34. The molecular formula is C15H23NO2S2. The van der Waals surface area contributed by atoms with Gasteiger partial charge in [-0.1, -0.05) is 45.4 Å². The van der Waals surface area contributed by atoms with Crippen LogP contribution in [-0.2, 0) is 10.0 Å². The highest BCUT2D eigenvalue weighted by Crippen LogP contribution is 2.38. The summed E-state index contributed by atoms with van der Waals surface area (Å²) in [6.07, 6.45) is 3.11. The van der Waals surface area contributed by atoms with Crippen LogP contribution in [0.3, 0.4) is 0 Å². The Morgan fingerprint density at radius 3 is 2.40 bits per heavy atom. The number of nitrogens with one attached hydrogen (secondary N) is 1. The van der Waals surface area contributed by atoms with Crippen LogP contribution < -0.4 is 4.72 Å². The van der Waals surface area contributed by atoms with Crippen LogP contribution in [0.1, 0.15) is 40.0 Å². The van der Waals surface area contributed by atoms with Gasteiger partial charge in [-0.25, -0.2) is 13.1 Å². The van der Waals surface area contributed by atoms with Crippen molar-refractivity contribution >= 4 is 21.8 Å². The molecule has 1 aliphatic rings. The monoisotopic (exact) mass is 313 g/mol. The molecule has 0 aliphatic heterocycles. The van der Waals surface area contributed by atoms with Crippen LogP contribution >= 0.6 is 11.8 Å². The van der Waals surface area contributed by atoms with Gasteiger partial charge in [-0.3, -0.25) is 0 Å². The second-order valence-corrected chi connectivity index (χ2v) is 10.0. The molecule has 0 heterocycles. The predicted molar refractivity (Wildman–Crippen MR) is 85.5 cm³/mol. The molecule has 1 N–H and O–H groups in total. The minimum atomic E-state index is -3.40. The fourth-order valence-corrected chi connectivity index (χ4v) is 5.50. The third-order valence-corrected chi connectivity index (χ3v) is 6.40. The van der Waals surface area contributed by atoms with E-state index in [1.54, 1.807) is 24.3 Å².